The number of rotatable bonds is 4. The van der Waals surface area contributed by atoms with Gasteiger partial charge in [-0.25, -0.2) is 4.79 Å². The lowest BCUT2D eigenvalue weighted by atomic mass is 10.0. The second-order valence-electron chi connectivity index (χ2n) is 5.67. The van der Waals surface area contributed by atoms with Gasteiger partial charge in [0.1, 0.15) is 0 Å². The Bertz CT molecular complexity index is 741. The van der Waals surface area contributed by atoms with Crippen LogP contribution in [0.25, 0.3) is 11.1 Å². The fourth-order valence-electron chi connectivity index (χ4n) is 2.78. The summed E-state index contributed by atoms with van der Waals surface area (Å²) >= 11 is 12.2. The molecule has 0 bridgehead atoms. The van der Waals surface area contributed by atoms with Crippen LogP contribution >= 0.6 is 23.2 Å². The maximum absolute atomic E-state index is 11.3. The molecule has 3 rings (SSSR count). The lowest BCUT2D eigenvalue weighted by Crippen LogP contribution is -2.35. The Balaban J connectivity index is 1.83. The minimum atomic E-state index is -1.13. The fraction of sp³-hybridized carbons (Fsp3) is 0.278. The Hall–Kier alpha value is -1.59. The molecule has 0 saturated carbocycles. The molecule has 1 N–H and O–H groups in total. The van der Waals surface area contributed by atoms with Gasteiger partial charge < -0.3 is 9.84 Å². The van der Waals surface area contributed by atoms with Gasteiger partial charge >= 0.3 is 5.97 Å². The zero-order valence-corrected chi connectivity index (χ0v) is 14.5. The summed E-state index contributed by atoms with van der Waals surface area (Å²) in [5.41, 5.74) is 2.67. The van der Waals surface area contributed by atoms with E-state index < -0.39 is 5.97 Å². The summed E-state index contributed by atoms with van der Waals surface area (Å²) < 4.78 is 5.35. The van der Waals surface area contributed by atoms with Crippen LogP contribution in [0, 0.1) is 0 Å². The molecule has 0 spiro atoms. The van der Waals surface area contributed by atoms with E-state index in [1.807, 2.05) is 24.3 Å². The van der Waals surface area contributed by atoms with Crippen molar-refractivity contribution in [3.8, 4) is 11.1 Å². The molecule has 24 heavy (non-hydrogen) atoms. The van der Waals surface area contributed by atoms with E-state index in [0.29, 0.717) is 5.56 Å². The summed E-state index contributed by atoms with van der Waals surface area (Å²) in [6.07, 6.45) is 0. The van der Waals surface area contributed by atoms with Crippen LogP contribution in [0.5, 0.6) is 0 Å². The number of aromatic carboxylic acids is 1. The van der Waals surface area contributed by atoms with E-state index in [1.54, 1.807) is 12.1 Å². The van der Waals surface area contributed by atoms with Crippen molar-refractivity contribution in [2.45, 2.75) is 6.54 Å². The van der Waals surface area contributed by atoms with Crippen LogP contribution in [-0.4, -0.2) is 42.3 Å². The number of halogens is 2. The van der Waals surface area contributed by atoms with Crippen molar-refractivity contribution in [1.82, 2.24) is 4.90 Å². The molecule has 0 atom stereocenters. The van der Waals surface area contributed by atoms with Crippen molar-refractivity contribution in [1.29, 1.82) is 0 Å². The van der Waals surface area contributed by atoms with Gasteiger partial charge in [0, 0.05) is 25.2 Å². The molecule has 0 radical (unpaired) electrons. The zero-order chi connectivity index (χ0) is 17.1. The van der Waals surface area contributed by atoms with Crippen molar-refractivity contribution in [3.63, 3.8) is 0 Å². The van der Waals surface area contributed by atoms with Gasteiger partial charge in [-0.15, -0.1) is 0 Å². The van der Waals surface area contributed by atoms with Crippen molar-refractivity contribution in [3.05, 3.63) is 57.6 Å². The molecule has 2 aromatic carbocycles. The fourth-order valence-corrected chi connectivity index (χ4v) is 3.42. The Kier molecular flexibility index (Phi) is 5.41. The molecule has 6 heteroatoms. The van der Waals surface area contributed by atoms with E-state index in [9.17, 15) is 9.90 Å². The third kappa shape index (κ3) is 3.73. The first-order chi connectivity index (χ1) is 11.6. The molecule has 0 aliphatic carbocycles. The molecule has 1 aliphatic heterocycles. The van der Waals surface area contributed by atoms with Crippen molar-refractivity contribution in [2.75, 3.05) is 26.3 Å². The highest BCUT2D eigenvalue weighted by Crippen LogP contribution is 2.35. The maximum atomic E-state index is 11.3. The first-order valence-corrected chi connectivity index (χ1v) is 8.42. The summed E-state index contributed by atoms with van der Waals surface area (Å²) in [6, 6.07) is 11.3. The minimum Gasteiger partial charge on any atom is -0.478 e. The summed E-state index contributed by atoms with van der Waals surface area (Å²) in [4.78, 5) is 13.7. The van der Waals surface area contributed by atoms with Crippen LogP contribution in [0.1, 0.15) is 15.9 Å². The van der Waals surface area contributed by atoms with E-state index in [1.165, 1.54) is 5.56 Å². The molecule has 1 heterocycles. The normalized spacial score (nSPS) is 15.4. The number of benzene rings is 2. The van der Waals surface area contributed by atoms with Crippen molar-refractivity contribution < 1.29 is 14.6 Å². The van der Waals surface area contributed by atoms with Gasteiger partial charge in [-0.3, -0.25) is 4.90 Å². The quantitative estimate of drug-likeness (QED) is 0.882. The van der Waals surface area contributed by atoms with Crippen LogP contribution in [0.3, 0.4) is 0 Å². The van der Waals surface area contributed by atoms with Crippen LogP contribution in [0.2, 0.25) is 10.0 Å². The standard InChI is InChI=1S/C18H17Cl2NO3/c19-15-6-5-14(17(20)16(15)18(22)23)13-3-1-12(2-4-13)11-21-7-9-24-10-8-21/h1-6H,7-11H2,(H,22,23). The minimum absolute atomic E-state index is 0.0618. The first kappa shape index (κ1) is 17.2. The highest BCUT2D eigenvalue weighted by Gasteiger charge is 2.18. The molecule has 1 saturated heterocycles. The van der Waals surface area contributed by atoms with Gasteiger partial charge in [-0.05, 0) is 17.2 Å². The predicted octanol–water partition coefficient (Wildman–Crippen LogP) is 4.19. The van der Waals surface area contributed by atoms with Crippen molar-refractivity contribution in [2.24, 2.45) is 0 Å². The highest BCUT2D eigenvalue weighted by molar-refractivity contribution is 6.41. The molecule has 4 nitrogen and oxygen atoms in total. The molecular weight excluding hydrogens is 349 g/mol. The SMILES string of the molecule is O=C(O)c1c(Cl)ccc(-c2ccc(CN3CCOCC3)cc2)c1Cl. The van der Waals surface area contributed by atoms with Gasteiger partial charge in [0.15, 0.2) is 0 Å². The van der Waals surface area contributed by atoms with Crippen LogP contribution < -0.4 is 0 Å². The van der Waals surface area contributed by atoms with Crippen LogP contribution in [0.4, 0.5) is 0 Å². The zero-order valence-electron chi connectivity index (χ0n) is 13.0. The van der Waals surface area contributed by atoms with E-state index in [2.05, 4.69) is 4.90 Å². The lowest BCUT2D eigenvalue weighted by molar-refractivity contribution is 0.0342. The maximum Gasteiger partial charge on any atom is 0.338 e. The molecule has 1 fully saturated rings. The Morgan fingerprint density at radius 3 is 2.38 bits per heavy atom. The van der Waals surface area contributed by atoms with Crippen LogP contribution in [0.15, 0.2) is 36.4 Å². The van der Waals surface area contributed by atoms with Crippen molar-refractivity contribution >= 4 is 29.2 Å². The Morgan fingerprint density at radius 1 is 1.08 bits per heavy atom. The largest absolute Gasteiger partial charge is 0.478 e. The van der Waals surface area contributed by atoms with E-state index in [-0.39, 0.29) is 15.6 Å². The topological polar surface area (TPSA) is 49.8 Å². The van der Waals surface area contributed by atoms with Gasteiger partial charge in [0.2, 0.25) is 0 Å². The smallest absolute Gasteiger partial charge is 0.338 e. The third-order valence-corrected chi connectivity index (χ3v) is 4.79. The number of ether oxygens (including phenoxy) is 1. The highest BCUT2D eigenvalue weighted by atomic mass is 35.5. The predicted molar refractivity (Wildman–Crippen MR) is 95.0 cm³/mol. The Morgan fingerprint density at radius 2 is 1.75 bits per heavy atom. The monoisotopic (exact) mass is 365 g/mol. The van der Waals surface area contributed by atoms with Gasteiger partial charge in [-0.1, -0.05) is 53.5 Å². The second-order valence-corrected chi connectivity index (χ2v) is 6.46. The van der Waals surface area contributed by atoms with Gasteiger partial charge in [-0.2, -0.15) is 0 Å². The molecule has 1 aliphatic rings. The summed E-state index contributed by atoms with van der Waals surface area (Å²) in [5, 5.41) is 9.56. The molecule has 0 amide bonds. The number of nitrogens with zero attached hydrogens (tertiary/aromatic N) is 1. The van der Waals surface area contributed by atoms with E-state index in [0.717, 1.165) is 38.4 Å². The second kappa shape index (κ2) is 7.53. The van der Waals surface area contributed by atoms with Crippen LogP contribution in [-0.2, 0) is 11.3 Å². The third-order valence-electron chi connectivity index (χ3n) is 4.08. The average molecular weight is 366 g/mol. The Labute approximate surface area is 150 Å². The number of morpholine rings is 1. The number of carboxylic acid groups (broad SMARTS) is 1. The molecule has 0 unspecified atom stereocenters. The van der Waals surface area contributed by atoms with Gasteiger partial charge in [0.25, 0.3) is 0 Å². The summed E-state index contributed by atoms with van der Waals surface area (Å²) in [7, 11) is 0. The number of hydrogen-bond acceptors (Lipinski definition) is 3. The number of carboxylic acids is 1. The van der Waals surface area contributed by atoms with E-state index >= 15 is 0 Å². The summed E-state index contributed by atoms with van der Waals surface area (Å²) in [6.45, 7) is 4.30. The van der Waals surface area contributed by atoms with Gasteiger partial charge in [0.05, 0.1) is 28.8 Å². The average Bonchev–Trinajstić information content (AvgIpc) is 2.57. The molecule has 126 valence electrons. The molecule has 0 aromatic heterocycles. The number of hydrogen-bond donors (Lipinski definition) is 1. The first-order valence-electron chi connectivity index (χ1n) is 7.67. The van der Waals surface area contributed by atoms with E-state index in [4.69, 9.17) is 27.9 Å². The number of carbonyl (C=O) groups is 1. The molecular formula is C18H17Cl2NO3. The molecule has 2 aromatic rings. The lowest BCUT2D eigenvalue weighted by Gasteiger charge is -2.26. The summed E-state index contributed by atoms with van der Waals surface area (Å²) in [5.74, 6) is -1.13.